The number of carbonyl (C=O) groups is 1. The first-order chi connectivity index (χ1) is 11.6. The third-order valence-electron chi connectivity index (χ3n) is 5.06. The molecule has 7 nitrogen and oxygen atoms in total. The Morgan fingerprint density at radius 1 is 1.20 bits per heavy atom. The van der Waals surface area contributed by atoms with Gasteiger partial charge in [0.05, 0.1) is 4.92 Å². The summed E-state index contributed by atoms with van der Waals surface area (Å²) in [5.41, 5.74) is 1.07. The van der Waals surface area contributed by atoms with E-state index in [2.05, 4.69) is 5.32 Å². The van der Waals surface area contributed by atoms with E-state index >= 15 is 0 Å². The van der Waals surface area contributed by atoms with Crippen molar-refractivity contribution in [1.82, 2.24) is 10.2 Å². The van der Waals surface area contributed by atoms with Crippen LogP contribution in [0.5, 0.6) is 0 Å². The third kappa shape index (κ3) is 4.22. The summed E-state index contributed by atoms with van der Waals surface area (Å²) in [7, 11) is 1.93. The van der Waals surface area contributed by atoms with Crippen LogP contribution < -0.4 is 10.2 Å². The number of carbonyl (C=O) groups excluding carboxylic acids is 1. The maximum atomic E-state index is 12.7. The van der Waals surface area contributed by atoms with E-state index in [-0.39, 0.29) is 28.9 Å². The number of hydrogen-bond donors (Lipinski definition) is 1. The van der Waals surface area contributed by atoms with Crippen molar-refractivity contribution < 1.29 is 9.72 Å². The SMILES string of the molecule is CNC1CCN(C(=O)c2ccc(N3CCCC3)c([N+](=O)[O-])c2)CC1.Cl. The first-order valence-corrected chi connectivity index (χ1v) is 8.60. The van der Waals surface area contributed by atoms with Crippen LogP contribution in [-0.4, -0.2) is 55.0 Å². The summed E-state index contributed by atoms with van der Waals surface area (Å²) in [5.74, 6) is -0.111. The summed E-state index contributed by atoms with van der Waals surface area (Å²) >= 11 is 0. The zero-order chi connectivity index (χ0) is 17.1. The Morgan fingerprint density at radius 2 is 1.84 bits per heavy atom. The number of piperidine rings is 1. The third-order valence-corrected chi connectivity index (χ3v) is 5.06. The molecule has 0 saturated carbocycles. The van der Waals surface area contributed by atoms with Gasteiger partial charge in [-0.2, -0.15) is 0 Å². The first-order valence-electron chi connectivity index (χ1n) is 8.60. The van der Waals surface area contributed by atoms with Crippen molar-refractivity contribution in [1.29, 1.82) is 0 Å². The second kappa shape index (κ2) is 8.49. The smallest absolute Gasteiger partial charge is 0.293 e. The fourth-order valence-corrected chi connectivity index (χ4v) is 3.58. The average molecular weight is 369 g/mol. The highest BCUT2D eigenvalue weighted by atomic mass is 35.5. The Morgan fingerprint density at radius 3 is 2.40 bits per heavy atom. The summed E-state index contributed by atoms with van der Waals surface area (Å²) in [6.07, 6.45) is 3.93. The predicted molar refractivity (Wildman–Crippen MR) is 99.8 cm³/mol. The fourth-order valence-electron chi connectivity index (χ4n) is 3.58. The second-order valence-electron chi connectivity index (χ2n) is 6.51. The lowest BCUT2D eigenvalue weighted by atomic mass is 10.0. The van der Waals surface area contributed by atoms with Crippen LogP contribution in [0.2, 0.25) is 0 Å². The molecule has 0 aromatic heterocycles. The Hall–Kier alpha value is -1.86. The van der Waals surface area contributed by atoms with E-state index in [4.69, 9.17) is 0 Å². The number of amides is 1. The van der Waals surface area contributed by atoms with Crippen LogP contribution >= 0.6 is 12.4 Å². The highest BCUT2D eigenvalue weighted by Crippen LogP contribution is 2.32. The minimum Gasteiger partial charge on any atom is -0.366 e. The standard InChI is InChI=1S/C17H24N4O3.ClH/c1-18-14-6-10-20(11-7-14)17(22)13-4-5-15(16(12-13)21(23)24)19-8-2-3-9-19;/h4-5,12,14,18H,2-3,6-11H2,1H3;1H. The minimum absolute atomic E-state index is 0. The molecule has 138 valence electrons. The Kier molecular flexibility index (Phi) is 6.61. The van der Waals surface area contributed by atoms with Crippen LogP contribution in [0.15, 0.2) is 18.2 Å². The molecule has 0 atom stereocenters. The van der Waals surface area contributed by atoms with Gasteiger partial charge >= 0.3 is 0 Å². The molecule has 8 heteroatoms. The van der Waals surface area contributed by atoms with Crippen molar-refractivity contribution in [2.45, 2.75) is 31.7 Å². The highest BCUT2D eigenvalue weighted by Gasteiger charge is 2.27. The van der Waals surface area contributed by atoms with Crippen molar-refractivity contribution >= 4 is 29.7 Å². The van der Waals surface area contributed by atoms with Gasteiger partial charge in [0.1, 0.15) is 5.69 Å². The minimum atomic E-state index is -0.377. The van der Waals surface area contributed by atoms with Crippen LogP contribution in [-0.2, 0) is 0 Å². The molecule has 0 unspecified atom stereocenters. The summed E-state index contributed by atoms with van der Waals surface area (Å²) in [6, 6.07) is 5.35. The molecule has 1 amide bonds. The maximum Gasteiger partial charge on any atom is 0.293 e. The van der Waals surface area contributed by atoms with Crippen molar-refractivity contribution in [2.24, 2.45) is 0 Å². The highest BCUT2D eigenvalue weighted by molar-refractivity contribution is 5.96. The van der Waals surface area contributed by atoms with Gasteiger partial charge in [-0.05, 0) is 44.9 Å². The number of benzene rings is 1. The first kappa shape index (κ1) is 19.5. The van der Waals surface area contributed by atoms with Gasteiger partial charge in [-0.3, -0.25) is 14.9 Å². The number of rotatable bonds is 4. The molecule has 0 bridgehead atoms. The average Bonchev–Trinajstić information content (AvgIpc) is 3.15. The molecule has 0 spiro atoms. The molecule has 3 rings (SSSR count). The number of nitrogens with one attached hydrogen (secondary N) is 1. The molecule has 0 aliphatic carbocycles. The molecule has 2 saturated heterocycles. The topological polar surface area (TPSA) is 78.7 Å². The Balaban J connectivity index is 0.00000225. The molecule has 1 aromatic carbocycles. The Labute approximate surface area is 153 Å². The number of anilines is 1. The molecule has 2 heterocycles. The monoisotopic (exact) mass is 368 g/mol. The number of hydrogen-bond acceptors (Lipinski definition) is 5. The zero-order valence-electron chi connectivity index (χ0n) is 14.4. The van der Waals surface area contributed by atoms with Crippen LogP contribution in [0.25, 0.3) is 0 Å². The van der Waals surface area contributed by atoms with Crippen LogP contribution in [0, 0.1) is 10.1 Å². The summed E-state index contributed by atoms with van der Waals surface area (Å²) in [6.45, 7) is 3.05. The van der Waals surface area contributed by atoms with Crippen molar-refractivity contribution in [3.05, 3.63) is 33.9 Å². The summed E-state index contributed by atoms with van der Waals surface area (Å²) in [5, 5.41) is 14.7. The molecule has 1 aromatic rings. The number of nitrogens with zero attached hydrogens (tertiary/aromatic N) is 3. The molecular formula is C17H25ClN4O3. The summed E-state index contributed by atoms with van der Waals surface area (Å²) in [4.78, 5) is 27.6. The van der Waals surface area contributed by atoms with Gasteiger partial charge < -0.3 is 15.1 Å². The van der Waals surface area contributed by atoms with Crippen molar-refractivity contribution in [2.75, 3.05) is 38.1 Å². The molecule has 2 aliphatic rings. The predicted octanol–water partition coefficient (Wildman–Crippen LogP) is 2.44. The van der Waals surface area contributed by atoms with E-state index in [0.717, 1.165) is 38.8 Å². The van der Waals surface area contributed by atoms with Gasteiger partial charge in [0.15, 0.2) is 0 Å². The lowest BCUT2D eigenvalue weighted by Crippen LogP contribution is -2.43. The van der Waals surface area contributed by atoms with Crippen LogP contribution in [0.3, 0.4) is 0 Å². The lowest BCUT2D eigenvalue weighted by Gasteiger charge is -2.32. The van der Waals surface area contributed by atoms with E-state index in [1.807, 2.05) is 11.9 Å². The van der Waals surface area contributed by atoms with Gasteiger partial charge in [-0.15, -0.1) is 12.4 Å². The number of nitro groups is 1. The van der Waals surface area contributed by atoms with E-state index in [1.54, 1.807) is 17.0 Å². The second-order valence-corrected chi connectivity index (χ2v) is 6.51. The van der Waals surface area contributed by atoms with Gasteiger partial charge in [0.2, 0.25) is 0 Å². The maximum absolute atomic E-state index is 12.7. The molecular weight excluding hydrogens is 344 g/mol. The normalized spacial score (nSPS) is 18.1. The van der Waals surface area contributed by atoms with E-state index < -0.39 is 0 Å². The lowest BCUT2D eigenvalue weighted by molar-refractivity contribution is -0.384. The molecule has 0 radical (unpaired) electrons. The molecule has 1 N–H and O–H groups in total. The van der Waals surface area contributed by atoms with Gasteiger partial charge in [-0.25, -0.2) is 0 Å². The van der Waals surface area contributed by atoms with Crippen molar-refractivity contribution in [3.63, 3.8) is 0 Å². The van der Waals surface area contributed by atoms with E-state index in [1.165, 1.54) is 6.07 Å². The largest absolute Gasteiger partial charge is 0.366 e. The quantitative estimate of drug-likeness (QED) is 0.652. The summed E-state index contributed by atoms with van der Waals surface area (Å²) < 4.78 is 0. The van der Waals surface area contributed by atoms with Crippen LogP contribution in [0.4, 0.5) is 11.4 Å². The fraction of sp³-hybridized carbons (Fsp3) is 0.588. The number of halogens is 1. The van der Waals surface area contributed by atoms with E-state index in [9.17, 15) is 14.9 Å². The Bertz CT molecular complexity index is 626. The molecule has 2 aliphatic heterocycles. The molecule has 25 heavy (non-hydrogen) atoms. The van der Waals surface area contributed by atoms with Crippen LogP contribution in [0.1, 0.15) is 36.0 Å². The molecule has 2 fully saturated rings. The zero-order valence-corrected chi connectivity index (χ0v) is 15.3. The number of likely N-dealkylation sites (tertiary alicyclic amines) is 1. The van der Waals surface area contributed by atoms with Gasteiger partial charge in [-0.1, -0.05) is 0 Å². The van der Waals surface area contributed by atoms with Crippen molar-refractivity contribution in [3.8, 4) is 0 Å². The van der Waals surface area contributed by atoms with E-state index in [0.29, 0.717) is 30.4 Å². The van der Waals surface area contributed by atoms with Gasteiger partial charge in [0.25, 0.3) is 11.6 Å². The van der Waals surface area contributed by atoms with Gasteiger partial charge in [0, 0.05) is 43.9 Å². The number of nitro benzene ring substituents is 1.